The number of nitrogens with one attached hydrogen (secondary N) is 2. The maximum atomic E-state index is 13.2. The van der Waals surface area contributed by atoms with Gasteiger partial charge < -0.3 is 9.88 Å². The number of rotatable bonds is 4. The number of quaternary nitrogens is 1. The van der Waals surface area contributed by atoms with Crippen LogP contribution >= 0.6 is 22.7 Å². The molecule has 4 nitrogen and oxygen atoms in total. The van der Waals surface area contributed by atoms with E-state index in [0.717, 1.165) is 34.9 Å². The summed E-state index contributed by atoms with van der Waals surface area (Å²) in [5.41, 5.74) is 1.52. The van der Waals surface area contributed by atoms with E-state index in [9.17, 15) is 9.18 Å². The summed E-state index contributed by atoms with van der Waals surface area (Å²) in [7, 11) is 0. The molecular formula is C21H19FN3OS2+. The Balaban J connectivity index is 1.47. The van der Waals surface area contributed by atoms with Gasteiger partial charge in [0.25, 0.3) is 5.56 Å². The Morgan fingerprint density at radius 1 is 1.21 bits per heavy atom. The van der Waals surface area contributed by atoms with E-state index in [1.54, 1.807) is 23.5 Å². The molecule has 0 bridgehead atoms. The summed E-state index contributed by atoms with van der Waals surface area (Å²) in [4.78, 5) is 24.2. The van der Waals surface area contributed by atoms with Crippen LogP contribution in [0.1, 0.15) is 29.6 Å². The second-order valence-corrected chi connectivity index (χ2v) is 8.98. The lowest BCUT2D eigenvalue weighted by molar-refractivity contribution is -0.932. The number of nitrogens with zero attached hydrogens (tertiary/aromatic N) is 1. The smallest absolute Gasteiger partial charge is 0.260 e. The van der Waals surface area contributed by atoms with Crippen molar-refractivity contribution in [3.8, 4) is 11.1 Å². The molecule has 4 heterocycles. The number of hydrogen-bond acceptors (Lipinski definition) is 4. The SMILES string of the molecule is O=c1[nH]c(C[NH+]2CCC[C@H]2c2cccs2)nc2scc(-c3ccc(F)cc3)c12. The number of aromatic nitrogens is 2. The van der Waals surface area contributed by atoms with Crippen molar-refractivity contribution >= 4 is 32.9 Å². The van der Waals surface area contributed by atoms with Crippen molar-refractivity contribution in [2.45, 2.75) is 25.4 Å². The summed E-state index contributed by atoms with van der Waals surface area (Å²) < 4.78 is 13.2. The molecule has 1 aliphatic rings. The second-order valence-electron chi connectivity index (χ2n) is 7.14. The van der Waals surface area contributed by atoms with Gasteiger partial charge in [0, 0.05) is 23.8 Å². The minimum atomic E-state index is -0.286. The Morgan fingerprint density at radius 2 is 2.07 bits per heavy atom. The molecular weight excluding hydrogens is 393 g/mol. The summed E-state index contributed by atoms with van der Waals surface area (Å²) in [6.45, 7) is 1.81. The maximum Gasteiger partial charge on any atom is 0.260 e. The number of fused-ring (bicyclic) bond motifs is 1. The minimum Gasteiger partial charge on any atom is -0.322 e. The van der Waals surface area contributed by atoms with E-state index < -0.39 is 0 Å². The van der Waals surface area contributed by atoms with Crippen LogP contribution in [0.15, 0.2) is 52.0 Å². The molecule has 0 radical (unpaired) electrons. The van der Waals surface area contributed by atoms with Gasteiger partial charge in [0.05, 0.1) is 16.8 Å². The van der Waals surface area contributed by atoms with Gasteiger partial charge in [-0.2, -0.15) is 0 Å². The first kappa shape index (κ1) is 17.7. The van der Waals surface area contributed by atoms with Gasteiger partial charge in [-0.05, 0) is 29.1 Å². The van der Waals surface area contributed by atoms with Crippen LogP contribution in [-0.4, -0.2) is 16.5 Å². The molecule has 2 atom stereocenters. The number of aromatic amines is 1. The van der Waals surface area contributed by atoms with Gasteiger partial charge in [-0.25, -0.2) is 9.37 Å². The third kappa shape index (κ3) is 3.19. The maximum absolute atomic E-state index is 13.2. The highest BCUT2D eigenvalue weighted by atomic mass is 32.1. The number of benzene rings is 1. The first-order chi connectivity index (χ1) is 13.7. The molecule has 7 heteroatoms. The monoisotopic (exact) mass is 412 g/mol. The number of hydrogen-bond donors (Lipinski definition) is 2. The Bertz CT molecular complexity index is 1160. The van der Waals surface area contributed by atoms with Crippen LogP contribution in [0.3, 0.4) is 0 Å². The summed E-state index contributed by atoms with van der Waals surface area (Å²) in [5.74, 6) is 0.454. The van der Waals surface area contributed by atoms with Crippen LogP contribution in [0.2, 0.25) is 0 Å². The molecule has 28 heavy (non-hydrogen) atoms. The molecule has 3 aromatic heterocycles. The van der Waals surface area contributed by atoms with Gasteiger partial charge in [-0.15, -0.1) is 22.7 Å². The number of thiophene rings is 2. The molecule has 2 N–H and O–H groups in total. The fourth-order valence-corrected chi connectivity index (χ4v) is 5.98. The Hall–Kier alpha value is -2.35. The molecule has 5 rings (SSSR count). The third-order valence-electron chi connectivity index (χ3n) is 5.41. The lowest BCUT2D eigenvalue weighted by atomic mass is 10.1. The Morgan fingerprint density at radius 3 is 2.86 bits per heavy atom. The van der Waals surface area contributed by atoms with E-state index in [0.29, 0.717) is 11.4 Å². The molecule has 142 valence electrons. The molecule has 1 saturated heterocycles. The van der Waals surface area contributed by atoms with E-state index >= 15 is 0 Å². The standard InChI is InChI=1S/C21H18FN3OS2/c22-14-7-5-13(6-8-14)15-12-28-21-19(15)20(26)23-18(24-21)11-25-9-1-3-16(25)17-4-2-10-27-17/h2,4-8,10,12,16H,1,3,9,11H2,(H,23,24,26)/p+1/t16-/m0/s1. The molecule has 0 saturated carbocycles. The topological polar surface area (TPSA) is 50.2 Å². The average Bonchev–Trinajstić information content (AvgIpc) is 3.42. The zero-order valence-electron chi connectivity index (χ0n) is 15.1. The van der Waals surface area contributed by atoms with Gasteiger partial charge in [0.15, 0.2) is 5.82 Å². The summed E-state index contributed by atoms with van der Waals surface area (Å²) in [6, 6.07) is 11.0. The van der Waals surface area contributed by atoms with E-state index in [1.807, 2.05) is 5.38 Å². The lowest BCUT2D eigenvalue weighted by Gasteiger charge is -2.19. The normalized spacial score (nSPS) is 19.5. The predicted molar refractivity (Wildman–Crippen MR) is 111 cm³/mol. The quantitative estimate of drug-likeness (QED) is 0.536. The van der Waals surface area contributed by atoms with Crippen molar-refractivity contribution < 1.29 is 9.29 Å². The molecule has 0 spiro atoms. The molecule has 0 aliphatic carbocycles. The molecule has 1 unspecified atom stereocenters. The van der Waals surface area contributed by atoms with Crippen LogP contribution in [-0.2, 0) is 6.54 Å². The highest BCUT2D eigenvalue weighted by molar-refractivity contribution is 7.17. The number of halogens is 1. The van der Waals surface area contributed by atoms with Gasteiger partial charge >= 0.3 is 0 Å². The molecule has 1 aromatic carbocycles. The van der Waals surface area contributed by atoms with Gasteiger partial charge in [-0.3, -0.25) is 4.79 Å². The zero-order chi connectivity index (χ0) is 19.1. The Labute approximate surface area is 169 Å². The largest absolute Gasteiger partial charge is 0.322 e. The second kappa shape index (κ2) is 7.24. The number of H-pyrrole nitrogens is 1. The van der Waals surface area contributed by atoms with E-state index in [2.05, 4.69) is 22.5 Å². The van der Waals surface area contributed by atoms with Crippen molar-refractivity contribution in [2.24, 2.45) is 0 Å². The number of likely N-dealkylation sites (tertiary alicyclic amines) is 1. The van der Waals surface area contributed by atoms with E-state index in [4.69, 9.17) is 4.98 Å². The van der Waals surface area contributed by atoms with Crippen molar-refractivity contribution in [2.75, 3.05) is 6.54 Å². The fraction of sp³-hybridized carbons (Fsp3) is 0.238. The molecule has 1 aliphatic heterocycles. The first-order valence-corrected chi connectivity index (χ1v) is 11.1. The zero-order valence-corrected chi connectivity index (χ0v) is 16.7. The van der Waals surface area contributed by atoms with Gasteiger partial charge in [0.2, 0.25) is 0 Å². The van der Waals surface area contributed by atoms with Crippen LogP contribution in [0, 0.1) is 5.82 Å². The van der Waals surface area contributed by atoms with Crippen molar-refractivity contribution in [1.29, 1.82) is 0 Å². The van der Waals surface area contributed by atoms with Crippen LogP contribution in [0.25, 0.3) is 21.3 Å². The van der Waals surface area contributed by atoms with Gasteiger partial charge in [0.1, 0.15) is 23.2 Å². The lowest BCUT2D eigenvalue weighted by Crippen LogP contribution is -3.09. The van der Waals surface area contributed by atoms with Crippen LogP contribution < -0.4 is 10.5 Å². The molecule has 0 amide bonds. The Kier molecular flexibility index (Phi) is 4.58. The van der Waals surface area contributed by atoms with Crippen molar-refractivity contribution in [1.82, 2.24) is 9.97 Å². The minimum absolute atomic E-state index is 0.119. The average molecular weight is 413 g/mol. The summed E-state index contributed by atoms with van der Waals surface area (Å²) in [5, 5.41) is 4.65. The fourth-order valence-electron chi connectivity index (χ4n) is 4.09. The highest BCUT2D eigenvalue weighted by Gasteiger charge is 2.31. The van der Waals surface area contributed by atoms with E-state index in [1.165, 1.54) is 46.1 Å². The van der Waals surface area contributed by atoms with E-state index in [-0.39, 0.29) is 11.4 Å². The van der Waals surface area contributed by atoms with Crippen LogP contribution in [0.5, 0.6) is 0 Å². The molecule has 4 aromatic rings. The first-order valence-electron chi connectivity index (χ1n) is 9.33. The molecule has 1 fully saturated rings. The third-order valence-corrected chi connectivity index (χ3v) is 7.27. The predicted octanol–water partition coefficient (Wildman–Crippen LogP) is 3.77. The van der Waals surface area contributed by atoms with Gasteiger partial charge in [-0.1, -0.05) is 18.2 Å². The van der Waals surface area contributed by atoms with Crippen molar-refractivity contribution in [3.05, 3.63) is 74.0 Å². The van der Waals surface area contributed by atoms with Crippen molar-refractivity contribution in [3.63, 3.8) is 0 Å². The summed E-state index contributed by atoms with van der Waals surface area (Å²) >= 11 is 3.27. The summed E-state index contributed by atoms with van der Waals surface area (Å²) in [6.07, 6.45) is 2.37. The highest BCUT2D eigenvalue weighted by Crippen LogP contribution is 2.31. The van der Waals surface area contributed by atoms with Crippen LogP contribution in [0.4, 0.5) is 4.39 Å².